The van der Waals surface area contributed by atoms with E-state index < -0.39 is 0 Å². The average molecular weight is 150 g/mol. The Labute approximate surface area is 67.7 Å². The summed E-state index contributed by atoms with van der Waals surface area (Å²) >= 11 is 0. The summed E-state index contributed by atoms with van der Waals surface area (Å²) in [7, 11) is 1.00. The van der Waals surface area contributed by atoms with Gasteiger partial charge in [0, 0.05) is 7.11 Å². The monoisotopic (exact) mass is 150 g/mol. The Bertz CT molecular complexity index is 195. The smallest absolute Gasteiger partial charge is 0.0319 e. The van der Waals surface area contributed by atoms with E-state index in [0.717, 1.165) is 7.11 Å². The molecule has 1 N–H and O–H groups in total. The molecule has 1 aliphatic rings. The minimum atomic E-state index is 1.00. The molecular weight excluding hydrogens is 136 g/mol. The first-order chi connectivity index (χ1) is 5.47. The molecular formula is C10H14O. The van der Waals surface area contributed by atoms with Crippen molar-refractivity contribution in [2.24, 2.45) is 0 Å². The zero-order chi connectivity index (χ0) is 8.10. The molecule has 0 aromatic heterocycles. The molecule has 2 rings (SSSR count). The van der Waals surface area contributed by atoms with Crippen LogP contribution in [0.5, 0.6) is 0 Å². The van der Waals surface area contributed by atoms with Crippen LogP contribution in [0.4, 0.5) is 0 Å². The number of hydrogen-bond acceptors (Lipinski definition) is 1. The van der Waals surface area contributed by atoms with E-state index in [-0.39, 0.29) is 0 Å². The van der Waals surface area contributed by atoms with Gasteiger partial charge >= 0.3 is 0 Å². The van der Waals surface area contributed by atoms with Gasteiger partial charge in [-0.3, -0.25) is 0 Å². The van der Waals surface area contributed by atoms with E-state index in [9.17, 15) is 0 Å². The molecule has 0 amide bonds. The van der Waals surface area contributed by atoms with Crippen molar-refractivity contribution >= 4 is 0 Å². The summed E-state index contributed by atoms with van der Waals surface area (Å²) in [5.74, 6) is 0. The molecule has 0 saturated heterocycles. The molecule has 1 heteroatoms. The van der Waals surface area contributed by atoms with Gasteiger partial charge in [-0.25, -0.2) is 0 Å². The van der Waals surface area contributed by atoms with Gasteiger partial charge in [0.1, 0.15) is 0 Å². The third kappa shape index (κ3) is 1.81. The molecule has 0 saturated carbocycles. The van der Waals surface area contributed by atoms with Crippen molar-refractivity contribution in [3.05, 3.63) is 35.4 Å². The third-order valence-corrected chi connectivity index (χ3v) is 2.01. The second-order valence-corrected chi connectivity index (χ2v) is 2.62. The number of rotatable bonds is 0. The second kappa shape index (κ2) is 4.14. The number of aryl methyl sites for hydroxylation is 2. The van der Waals surface area contributed by atoms with Crippen LogP contribution in [0.1, 0.15) is 17.5 Å². The quantitative estimate of drug-likeness (QED) is 0.597. The maximum atomic E-state index is 7.00. The normalized spacial score (nSPS) is 13.3. The Morgan fingerprint density at radius 1 is 1.00 bits per heavy atom. The largest absolute Gasteiger partial charge is 0.400 e. The van der Waals surface area contributed by atoms with E-state index in [2.05, 4.69) is 24.3 Å². The maximum Gasteiger partial charge on any atom is 0.0319 e. The Kier molecular flexibility index (Phi) is 3.12. The molecule has 1 aromatic rings. The molecule has 0 aliphatic heterocycles. The highest BCUT2D eigenvalue weighted by atomic mass is 16.2. The van der Waals surface area contributed by atoms with Crippen molar-refractivity contribution in [2.75, 3.05) is 7.11 Å². The molecule has 0 spiro atoms. The lowest BCUT2D eigenvalue weighted by Gasteiger charge is -1.93. The highest BCUT2D eigenvalue weighted by molar-refractivity contribution is 5.30. The van der Waals surface area contributed by atoms with Gasteiger partial charge in [-0.15, -0.1) is 0 Å². The Hall–Kier alpha value is -0.820. The van der Waals surface area contributed by atoms with E-state index in [1.165, 1.54) is 19.3 Å². The summed E-state index contributed by atoms with van der Waals surface area (Å²) in [5, 5.41) is 7.00. The molecule has 1 aromatic carbocycles. The Morgan fingerprint density at radius 3 is 1.91 bits per heavy atom. The summed E-state index contributed by atoms with van der Waals surface area (Å²) in [6.07, 6.45) is 3.96. The molecule has 0 bridgehead atoms. The van der Waals surface area contributed by atoms with Crippen LogP contribution >= 0.6 is 0 Å². The minimum absolute atomic E-state index is 1.00. The van der Waals surface area contributed by atoms with Gasteiger partial charge in [0.05, 0.1) is 0 Å². The fraction of sp³-hybridized carbons (Fsp3) is 0.400. The Balaban J connectivity index is 0.000000281. The summed E-state index contributed by atoms with van der Waals surface area (Å²) in [6, 6.07) is 8.74. The van der Waals surface area contributed by atoms with Gasteiger partial charge in [0.25, 0.3) is 0 Å². The van der Waals surface area contributed by atoms with Crippen LogP contribution < -0.4 is 0 Å². The number of benzene rings is 1. The highest BCUT2D eigenvalue weighted by Crippen LogP contribution is 2.20. The number of aliphatic hydroxyl groups excluding tert-OH is 1. The number of hydrogen-bond donors (Lipinski definition) is 1. The van der Waals surface area contributed by atoms with Crippen molar-refractivity contribution < 1.29 is 5.11 Å². The third-order valence-electron chi connectivity index (χ3n) is 2.01. The van der Waals surface area contributed by atoms with Gasteiger partial charge in [0.15, 0.2) is 0 Å². The highest BCUT2D eigenvalue weighted by Gasteiger charge is 2.07. The van der Waals surface area contributed by atoms with Crippen LogP contribution in [0.25, 0.3) is 0 Å². The molecule has 11 heavy (non-hydrogen) atoms. The van der Waals surface area contributed by atoms with E-state index in [1.54, 1.807) is 11.1 Å². The lowest BCUT2D eigenvalue weighted by atomic mass is 10.1. The first-order valence-corrected chi connectivity index (χ1v) is 3.98. The topological polar surface area (TPSA) is 20.2 Å². The van der Waals surface area contributed by atoms with Crippen LogP contribution in [0.3, 0.4) is 0 Å². The lowest BCUT2D eigenvalue weighted by molar-refractivity contribution is 0.399. The number of aliphatic hydroxyl groups is 1. The van der Waals surface area contributed by atoms with Crippen molar-refractivity contribution in [1.82, 2.24) is 0 Å². The van der Waals surface area contributed by atoms with Crippen molar-refractivity contribution in [2.45, 2.75) is 19.3 Å². The molecule has 0 radical (unpaired) electrons. The van der Waals surface area contributed by atoms with Crippen molar-refractivity contribution in [3.8, 4) is 0 Å². The van der Waals surface area contributed by atoms with Crippen LogP contribution in [0, 0.1) is 0 Å². The molecule has 1 aliphatic carbocycles. The van der Waals surface area contributed by atoms with Crippen molar-refractivity contribution in [1.29, 1.82) is 0 Å². The van der Waals surface area contributed by atoms with Gasteiger partial charge in [-0.1, -0.05) is 24.3 Å². The van der Waals surface area contributed by atoms with Crippen molar-refractivity contribution in [3.63, 3.8) is 0 Å². The van der Waals surface area contributed by atoms with E-state index >= 15 is 0 Å². The molecule has 60 valence electrons. The fourth-order valence-corrected chi connectivity index (χ4v) is 1.51. The molecule has 1 nitrogen and oxygen atoms in total. The standard InChI is InChI=1S/C9H10.CH4O/c1-2-5-9-7-3-6-8(9)4-1;1-2/h1-2,4-5H,3,6-7H2;2H,1H3. The molecule has 0 heterocycles. The maximum absolute atomic E-state index is 7.00. The first kappa shape index (κ1) is 8.28. The van der Waals surface area contributed by atoms with Gasteiger partial charge in [-0.2, -0.15) is 0 Å². The lowest BCUT2D eigenvalue weighted by Crippen LogP contribution is -1.77. The predicted molar refractivity (Wildman–Crippen MR) is 46.6 cm³/mol. The second-order valence-electron chi connectivity index (χ2n) is 2.62. The SMILES string of the molecule is CO.c1ccc2c(c1)CCC2. The Morgan fingerprint density at radius 2 is 1.45 bits per heavy atom. The summed E-state index contributed by atoms with van der Waals surface area (Å²) in [6.45, 7) is 0. The van der Waals surface area contributed by atoms with Gasteiger partial charge < -0.3 is 5.11 Å². The van der Waals surface area contributed by atoms with Gasteiger partial charge in [0.2, 0.25) is 0 Å². The zero-order valence-corrected chi connectivity index (χ0v) is 6.88. The van der Waals surface area contributed by atoms with E-state index in [1.807, 2.05) is 0 Å². The summed E-state index contributed by atoms with van der Waals surface area (Å²) in [4.78, 5) is 0. The average Bonchev–Trinajstić information content (AvgIpc) is 2.55. The number of fused-ring (bicyclic) bond motifs is 1. The van der Waals surface area contributed by atoms with Gasteiger partial charge in [-0.05, 0) is 30.4 Å². The van der Waals surface area contributed by atoms with Crippen LogP contribution in [0.15, 0.2) is 24.3 Å². The summed E-state index contributed by atoms with van der Waals surface area (Å²) in [5.41, 5.74) is 3.13. The van der Waals surface area contributed by atoms with Crippen LogP contribution in [0.2, 0.25) is 0 Å². The van der Waals surface area contributed by atoms with E-state index in [0.29, 0.717) is 0 Å². The summed E-state index contributed by atoms with van der Waals surface area (Å²) < 4.78 is 0. The van der Waals surface area contributed by atoms with Crippen LogP contribution in [-0.2, 0) is 12.8 Å². The molecule has 0 fully saturated rings. The first-order valence-electron chi connectivity index (χ1n) is 3.98. The minimum Gasteiger partial charge on any atom is -0.400 e. The molecule has 0 atom stereocenters. The van der Waals surface area contributed by atoms with Crippen LogP contribution in [-0.4, -0.2) is 12.2 Å². The molecule has 0 unspecified atom stereocenters. The zero-order valence-electron chi connectivity index (χ0n) is 6.88. The van der Waals surface area contributed by atoms with E-state index in [4.69, 9.17) is 5.11 Å². The predicted octanol–water partition coefficient (Wildman–Crippen LogP) is 1.78. The fourth-order valence-electron chi connectivity index (χ4n) is 1.51.